The number of aliphatic hydroxyl groups is 1. The second-order valence-electron chi connectivity index (χ2n) is 3.81. The summed E-state index contributed by atoms with van der Waals surface area (Å²) in [4.78, 5) is 5.09. The maximum atomic E-state index is 8.78. The predicted molar refractivity (Wildman–Crippen MR) is 38.3 cm³/mol. The third-order valence-electron chi connectivity index (χ3n) is 1.76. The molecule has 1 aliphatic rings. The van der Waals surface area contributed by atoms with Gasteiger partial charge in [-0.3, -0.25) is 4.84 Å². The quantitative estimate of drug-likeness (QED) is 0.557. The van der Waals surface area contributed by atoms with Gasteiger partial charge in [-0.2, -0.15) is 5.48 Å². The van der Waals surface area contributed by atoms with Crippen LogP contribution in [0.4, 0.5) is 0 Å². The molecule has 1 fully saturated rings. The third kappa shape index (κ3) is 1.31. The van der Waals surface area contributed by atoms with E-state index >= 15 is 0 Å². The molecule has 0 aromatic rings. The molecular formula is C7H15NO2. The Morgan fingerprint density at radius 3 is 2.20 bits per heavy atom. The van der Waals surface area contributed by atoms with Gasteiger partial charge in [-0.05, 0) is 5.41 Å². The Bertz CT molecular complexity index is 117. The minimum atomic E-state index is 0.124. The summed E-state index contributed by atoms with van der Waals surface area (Å²) in [5, 5.41) is 8.78. The van der Waals surface area contributed by atoms with Crippen molar-refractivity contribution >= 4 is 0 Å². The molecule has 0 aliphatic carbocycles. The number of aliphatic hydroxyl groups excluding tert-OH is 1. The van der Waals surface area contributed by atoms with Crippen LogP contribution in [0.5, 0.6) is 0 Å². The highest BCUT2D eigenvalue weighted by molar-refractivity contribution is 4.89. The summed E-state index contributed by atoms with van der Waals surface area (Å²) in [6.45, 7) is 6.45. The molecule has 1 saturated heterocycles. The summed E-state index contributed by atoms with van der Waals surface area (Å²) in [5.41, 5.74) is 2.83. The van der Waals surface area contributed by atoms with Crippen LogP contribution in [-0.2, 0) is 4.84 Å². The number of hydrogen-bond acceptors (Lipinski definition) is 3. The highest BCUT2D eigenvalue weighted by Gasteiger charge is 2.40. The first-order chi connectivity index (χ1) is 4.55. The maximum absolute atomic E-state index is 8.78. The molecule has 1 aliphatic heterocycles. The van der Waals surface area contributed by atoms with E-state index in [-0.39, 0.29) is 24.2 Å². The molecule has 0 amide bonds. The van der Waals surface area contributed by atoms with Crippen molar-refractivity contribution in [3.63, 3.8) is 0 Å². The second-order valence-corrected chi connectivity index (χ2v) is 3.81. The van der Waals surface area contributed by atoms with E-state index < -0.39 is 0 Å². The van der Waals surface area contributed by atoms with Gasteiger partial charge in [0, 0.05) is 0 Å². The van der Waals surface area contributed by atoms with Crippen molar-refractivity contribution < 1.29 is 9.94 Å². The Balaban J connectivity index is 2.43. The van der Waals surface area contributed by atoms with E-state index in [1.54, 1.807) is 0 Å². The highest BCUT2D eigenvalue weighted by Crippen LogP contribution is 2.28. The van der Waals surface area contributed by atoms with Crippen molar-refractivity contribution in [2.45, 2.75) is 32.9 Å². The first-order valence-electron chi connectivity index (χ1n) is 3.57. The Morgan fingerprint density at radius 1 is 1.50 bits per heavy atom. The van der Waals surface area contributed by atoms with Crippen molar-refractivity contribution in [1.82, 2.24) is 5.48 Å². The van der Waals surface area contributed by atoms with E-state index in [0.717, 1.165) is 0 Å². The lowest BCUT2D eigenvalue weighted by Crippen LogP contribution is -2.62. The smallest absolute Gasteiger partial charge is 0.104 e. The van der Waals surface area contributed by atoms with Crippen LogP contribution in [0.3, 0.4) is 0 Å². The van der Waals surface area contributed by atoms with E-state index in [0.29, 0.717) is 0 Å². The van der Waals surface area contributed by atoms with Crippen LogP contribution in [-0.4, -0.2) is 23.9 Å². The predicted octanol–water partition coefficient (Wildman–Crippen LogP) is 0.297. The van der Waals surface area contributed by atoms with E-state index in [4.69, 9.17) is 9.94 Å². The molecule has 60 valence electrons. The van der Waals surface area contributed by atoms with Crippen molar-refractivity contribution in [3.05, 3.63) is 0 Å². The molecule has 2 unspecified atom stereocenters. The maximum Gasteiger partial charge on any atom is 0.104 e. The first kappa shape index (κ1) is 7.98. The van der Waals surface area contributed by atoms with Crippen molar-refractivity contribution in [2.75, 3.05) is 6.61 Å². The summed E-state index contributed by atoms with van der Waals surface area (Å²) < 4.78 is 0. The molecular weight excluding hydrogens is 130 g/mol. The van der Waals surface area contributed by atoms with Crippen LogP contribution >= 0.6 is 0 Å². The van der Waals surface area contributed by atoms with E-state index in [1.807, 2.05) is 0 Å². The van der Waals surface area contributed by atoms with Gasteiger partial charge in [-0.1, -0.05) is 20.8 Å². The average molecular weight is 145 g/mol. The van der Waals surface area contributed by atoms with E-state index in [1.165, 1.54) is 0 Å². The number of nitrogens with one attached hydrogen (secondary N) is 1. The lowest BCUT2D eigenvalue weighted by atomic mass is 9.84. The largest absolute Gasteiger partial charge is 0.395 e. The van der Waals surface area contributed by atoms with Crippen LogP contribution in [0.1, 0.15) is 20.8 Å². The Hall–Kier alpha value is -0.120. The Labute approximate surface area is 61.3 Å². The van der Waals surface area contributed by atoms with Crippen LogP contribution in [0, 0.1) is 5.41 Å². The number of rotatable bonds is 1. The number of hydroxylamine groups is 1. The van der Waals surface area contributed by atoms with Crippen molar-refractivity contribution in [1.29, 1.82) is 0 Å². The average Bonchev–Trinajstić information content (AvgIpc) is 1.57. The topological polar surface area (TPSA) is 41.5 Å². The van der Waals surface area contributed by atoms with E-state index in [9.17, 15) is 0 Å². The summed E-state index contributed by atoms with van der Waals surface area (Å²) in [7, 11) is 0. The zero-order chi connectivity index (χ0) is 7.78. The zero-order valence-electron chi connectivity index (χ0n) is 6.72. The molecule has 2 atom stereocenters. The van der Waals surface area contributed by atoms with Gasteiger partial charge in [0.1, 0.15) is 6.10 Å². The third-order valence-corrected chi connectivity index (χ3v) is 1.76. The molecule has 1 heterocycles. The highest BCUT2D eigenvalue weighted by atomic mass is 16.7. The zero-order valence-corrected chi connectivity index (χ0v) is 6.72. The molecule has 0 saturated carbocycles. The molecule has 1 rings (SSSR count). The summed E-state index contributed by atoms with van der Waals surface area (Å²) >= 11 is 0. The van der Waals surface area contributed by atoms with Crippen LogP contribution in [0.2, 0.25) is 0 Å². The monoisotopic (exact) mass is 145 g/mol. The number of hydrogen-bond donors (Lipinski definition) is 2. The van der Waals surface area contributed by atoms with Gasteiger partial charge in [0.25, 0.3) is 0 Å². The van der Waals surface area contributed by atoms with Gasteiger partial charge in [0.2, 0.25) is 0 Å². The molecule has 3 nitrogen and oxygen atoms in total. The summed E-state index contributed by atoms with van der Waals surface area (Å²) in [6, 6.07) is 0.125. The molecule has 0 spiro atoms. The normalized spacial score (nSPS) is 33.6. The minimum absolute atomic E-state index is 0.124. The molecule has 2 N–H and O–H groups in total. The fourth-order valence-corrected chi connectivity index (χ4v) is 1.15. The lowest BCUT2D eigenvalue weighted by Gasteiger charge is -2.43. The van der Waals surface area contributed by atoms with Gasteiger partial charge >= 0.3 is 0 Å². The SMILES string of the molecule is CC(C)(C)C1ONC1CO. The van der Waals surface area contributed by atoms with Gasteiger partial charge < -0.3 is 5.11 Å². The van der Waals surface area contributed by atoms with Gasteiger partial charge in [0.05, 0.1) is 12.6 Å². The Kier molecular flexibility index (Phi) is 1.99. The van der Waals surface area contributed by atoms with Gasteiger partial charge in [-0.15, -0.1) is 0 Å². The van der Waals surface area contributed by atoms with Crippen molar-refractivity contribution in [3.8, 4) is 0 Å². The van der Waals surface area contributed by atoms with Gasteiger partial charge in [0.15, 0.2) is 0 Å². The fraction of sp³-hybridized carbons (Fsp3) is 1.00. The fourth-order valence-electron chi connectivity index (χ4n) is 1.15. The Morgan fingerprint density at radius 2 is 2.10 bits per heavy atom. The first-order valence-corrected chi connectivity index (χ1v) is 3.57. The van der Waals surface area contributed by atoms with Crippen molar-refractivity contribution in [2.24, 2.45) is 5.41 Å². The lowest BCUT2D eigenvalue weighted by molar-refractivity contribution is -0.218. The molecule has 0 bridgehead atoms. The van der Waals surface area contributed by atoms with Crippen LogP contribution in [0.25, 0.3) is 0 Å². The second kappa shape index (κ2) is 2.49. The molecule has 0 radical (unpaired) electrons. The van der Waals surface area contributed by atoms with Gasteiger partial charge in [-0.25, -0.2) is 0 Å². The standard InChI is InChI=1S/C7H15NO2/c1-7(2,3)6-5(4-9)8-10-6/h5-6,8-9H,4H2,1-3H3. The molecule has 0 aromatic heterocycles. The molecule has 10 heavy (non-hydrogen) atoms. The summed E-state index contributed by atoms with van der Waals surface area (Å²) in [6.07, 6.45) is 0.150. The minimum Gasteiger partial charge on any atom is -0.395 e. The van der Waals surface area contributed by atoms with Crippen LogP contribution in [0.15, 0.2) is 0 Å². The molecule has 3 heteroatoms. The van der Waals surface area contributed by atoms with Crippen LogP contribution < -0.4 is 5.48 Å². The van der Waals surface area contributed by atoms with E-state index in [2.05, 4.69) is 26.3 Å². The summed E-state index contributed by atoms with van der Waals surface area (Å²) in [5.74, 6) is 0. The molecule has 0 aromatic carbocycles.